The fourth-order valence-electron chi connectivity index (χ4n) is 4.14. The van der Waals surface area contributed by atoms with Crippen LogP contribution in [0.4, 0.5) is 18.9 Å². The van der Waals surface area contributed by atoms with Gasteiger partial charge in [-0.25, -0.2) is 21.6 Å². The van der Waals surface area contributed by atoms with Crippen molar-refractivity contribution in [1.82, 2.24) is 4.90 Å². The van der Waals surface area contributed by atoms with E-state index in [1.54, 1.807) is 31.2 Å². The Bertz CT molecular complexity index is 1210. The maximum atomic E-state index is 14.4. The van der Waals surface area contributed by atoms with E-state index in [4.69, 9.17) is 0 Å². The Balaban J connectivity index is 1.59. The van der Waals surface area contributed by atoms with Gasteiger partial charge in [0.1, 0.15) is 17.5 Å². The van der Waals surface area contributed by atoms with Crippen LogP contribution >= 0.6 is 0 Å². The Kier molecular flexibility index (Phi) is 6.76. The van der Waals surface area contributed by atoms with Crippen LogP contribution in [0.25, 0.3) is 0 Å². The van der Waals surface area contributed by atoms with Gasteiger partial charge in [0.25, 0.3) is 10.0 Å². The Morgan fingerprint density at radius 1 is 0.879 bits per heavy atom. The van der Waals surface area contributed by atoms with E-state index in [1.807, 2.05) is 0 Å². The molecule has 0 aromatic heterocycles. The summed E-state index contributed by atoms with van der Waals surface area (Å²) in [7, 11) is -4.04. The molecular formula is C25H25F3N2O2S. The summed E-state index contributed by atoms with van der Waals surface area (Å²) >= 11 is 0. The molecule has 0 amide bonds. The number of aryl methyl sites for hydroxylation is 1. The zero-order valence-corrected chi connectivity index (χ0v) is 19.0. The largest absolute Gasteiger partial charge is 0.299 e. The molecule has 1 aliphatic rings. The Morgan fingerprint density at radius 3 is 2.03 bits per heavy atom. The average Bonchev–Trinajstić information content (AvgIpc) is 2.79. The van der Waals surface area contributed by atoms with Crippen molar-refractivity contribution in [3.63, 3.8) is 0 Å². The fraction of sp³-hybridized carbons (Fsp3) is 0.280. The lowest BCUT2D eigenvalue weighted by Crippen LogP contribution is -2.47. The molecule has 3 aromatic rings. The summed E-state index contributed by atoms with van der Waals surface area (Å²) in [5.74, 6) is -1.30. The molecule has 0 unspecified atom stereocenters. The van der Waals surface area contributed by atoms with E-state index in [-0.39, 0.29) is 22.4 Å². The van der Waals surface area contributed by atoms with E-state index in [9.17, 15) is 21.6 Å². The number of nitrogens with zero attached hydrogens (tertiary/aromatic N) is 2. The van der Waals surface area contributed by atoms with Crippen LogP contribution in [0, 0.1) is 24.4 Å². The number of piperidine rings is 1. The Morgan fingerprint density at radius 2 is 1.45 bits per heavy atom. The molecular weight excluding hydrogens is 449 g/mol. The molecule has 174 valence electrons. The zero-order valence-electron chi connectivity index (χ0n) is 18.2. The zero-order chi connectivity index (χ0) is 23.6. The summed E-state index contributed by atoms with van der Waals surface area (Å²) in [6.07, 6.45) is 1.08. The normalized spacial score (nSPS) is 15.5. The number of hydrogen-bond acceptors (Lipinski definition) is 3. The monoisotopic (exact) mass is 474 g/mol. The minimum atomic E-state index is -4.04. The third kappa shape index (κ3) is 5.23. The predicted molar refractivity (Wildman–Crippen MR) is 122 cm³/mol. The molecule has 1 saturated heterocycles. The third-order valence-electron chi connectivity index (χ3n) is 5.99. The van der Waals surface area contributed by atoms with Crippen LogP contribution in [0.5, 0.6) is 0 Å². The van der Waals surface area contributed by atoms with Crippen LogP contribution in [0.15, 0.2) is 71.6 Å². The van der Waals surface area contributed by atoms with E-state index >= 15 is 0 Å². The molecule has 3 aromatic carbocycles. The lowest BCUT2D eigenvalue weighted by Gasteiger charge is -2.39. The van der Waals surface area contributed by atoms with Gasteiger partial charge in [-0.2, -0.15) is 0 Å². The van der Waals surface area contributed by atoms with Crippen molar-refractivity contribution in [2.24, 2.45) is 0 Å². The highest BCUT2D eigenvalue weighted by atomic mass is 32.2. The van der Waals surface area contributed by atoms with Crippen molar-refractivity contribution in [3.8, 4) is 0 Å². The molecule has 0 bridgehead atoms. The minimum Gasteiger partial charge on any atom is -0.299 e. The predicted octanol–water partition coefficient (Wildman–Crippen LogP) is 5.27. The molecule has 1 aliphatic heterocycles. The molecule has 33 heavy (non-hydrogen) atoms. The molecule has 0 aliphatic carbocycles. The van der Waals surface area contributed by atoms with E-state index in [0.29, 0.717) is 38.0 Å². The fourth-order valence-corrected chi connectivity index (χ4v) is 5.85. The van der Waals surface area contributed by atoms with Crippen molar-refractivity contribution in [2.45, 2.75) is 37.2 Å². The average molecular weight is 475 g/mol. The summed E-state index contributed by atoms with van der Waals surface area (Å²) in [5, 5.41) is 0. The smallest absolute Gasteiger partial charge is 0.264 e. The topological polar surface area (TPSA) is 40.6 Å². The van der Waals surface area contributed by atoms with Crippen molar-refractivity contribution in [1.29, 1.82) is 0 Å². The maximum Gasteiger partial charge on any atom is 0.264 e. The first-order chi connectivity index (χ1) is 15.7. The molecule has 0 N–H and O–H groups in total. The lowest BCUT2D eigenvalue weighted by molar-refractivity contribution is 0.206. The van der Waals surface area contributed by atoms with Gasteiger partial charge in [-0.3, -0.25) is 9.21 Å². The quantitative estimate of drug-likeness (QED) is 0.489. The Hall–Kier alpha value is -2.84. The van der Waals surface area contributed by atoms with Gasteiger partial charge in [-0.1, -0.05) is 18.2 Å². The van der Waals surface area contributed by atoms with Gasteiger partial charge in [-0.15, -0.1) is 0 Å². The highest BCUT2D eigenvalue weighted by Crippen LogP contribution is 2.32. The highest BCUT2D eigenvalue weighted by Gasteiger charge is 2.34. The third-order valence-corrected chi connectivity index (χ3v) is 7.88. The van der Waals surface area contributed by atoms with Gasteiger partial charge in [0.15, 0.2) is 0 Å². The van der Waals surface area contributed by atoms with E-state index in [1.165, 1.54) is 34.6 Å². The number of rotatable bonds is 6. The summed E-state index contributed by atoms with van der Waals surface area (Å²) in [6, 6.07) is 15.0. The standard InChI is InChI=1S/C25H25F3N2O2S/c1-18-2-9-23(16-25(18)28)30(33(31,32)24-10-7-21(27)8-11-24)22-12-14-29(15-13-22)17-19-3-5-20(26)6-4-19/h2-11,16,22H,12-15,17H2,1H3. The first-order valence-electron chi connectivity index (χ1n) is 10.8. The number of benzene rings is 3. The summed E-state index contributed by atoms with van der Waals surface area (Å²) in [4.78, 5) is 2.14. The first kappa shape index (κ1) is 23.3. The van der Waals surface area contributed by atoms with Crippen molar-refractivity contribution in [3.05, 3.63) is 95.3 Å². The van der Waals surface area contributed by atoms with Gasteiger partial charge >= 0.3 is 0 Å². The number of hydrogen-bond donors (Lipinski definition) is 0. The number of sulfonamides is 1. The lowest BCUT2D eigenvalue weighted by atomic mass is 10.0. The van der Waals surface area contributed by atoms with Crippen molar-refractivity contribution < 1.29 is 21.6 Å². The van der Waals surface area contributed by atoms with Crippen molar-refractivity contribution in [2.75, 3.05) is 17.4 Å². The van der Waals surface area contributed by atoms with Crippen LogP contribution in [0.2, 0.25) is 0 Å². The van der Waals surface area contributed by atoms with Gasteiger partial charge in [0, 0.05) is 25.7 Å². The molecule has 0 atom stereocenters. The molecule has 1 heterocycles. The summed E-state index contributed by atoms with van der Waals surface area (Å²) in [6.45, 7) is 3.51. The summed E-state index contributed by atoms with van der Waals surface area (Å²) < 4.78 is 69.4. The minimum absolute atomic E-state index is 0.0429. The van der Waals surface area contributed by atoms with E-state index in [2.05, 4.69) is 4.90 Å². The maximum absolute atomic E-state index is 14.4. The second-order valence-electron chi connectivity index (χ2n) is 8.32. The molecule has 0 saturated carbocycles. The van der Waals surface area contributed by atoms with E-state index in [0.717, 1.165) is 17.7 Å². The van der Waals surface area contributed by atoms with Crippen LogP contribution < -0.4 is 4.31 Å². The second kappa shape index (κ2) is 9.57. The number of likely N-dealkylation sites (tertiary alicyclic amines) is 1. The molecule has 4 rings (SSSR count). The van der Waals surface area contributed by atoms with Crippen LogP contribution in [0.3, 0.4) is 0 Å². The van der Waals surface area contributed by atoms with Gasteiger partial charge < -0.3 is 0 Å². The van der Waals surface area contributed by atoms with Gasteiger partial charge in [-0.05, 0) is 79.4 Å². The SMILES string of the molecule is Cc1ccc(N(C2CCN(Cc3ccc(F)cc3)CC2)S(=O)(=O)c2ccc(F)cc2)cc1F. The molecule has 8 heteroatoms. The second-order valence-corrected chi connectivity index (χ2v) is 10.1. The molecule has 0 radical (unpaired) electrons. The molecule has 4 nitrogen and oxygen atoms in total. The van der Waals surface area contributed by atoms with E-state index < -0.39 is 21.7 Å². The molecule has 0 spiro atoms. The Labute approximate surface area is 192 Å². The first-order valence-corrected chi connectivity index (χ1v) is 12.2. The van der Waals surface area contributed by atoms with Crippen LogP contribution in [0.1, 0.15) is 24.0 Å². The molecule has 1 fully saturated rings. The number of halogens is 3. The highest BCUT2D eigenvalue weighted by molar-refractivity contribution is 7.92. The van der Waals surface area contributed by atoms with Gasteiger partial charge in [0.05, 0.1) is 10.6 Å². The summed E-state index contributed by atoms with van der Waals surface area (Å²) in [5.41, 5.74) is 1.65. The van der Waals surface area contributed by atoms with Crippen molar-refractivity contribution >= 4 is 15.7 Å². The van der Waals surface area contributed by atoms with Crippen LogP contribution in [-0.2, 0) is 16.6 Å². The van der Waals surface area contributed by atoms with Gasteiger partial charge in [0.2, 0.25) is 0 Å². The van der Waals surface area contributed by atoms with Crippen LogP contribution in [-0.4, -0.2) is 32.4 Å². The number of anilines is 1.